The molecule has 3 nitrogen and oxygen atoms in total. The molecule has 0 N–H and O–H groups in total. The van der Waals surface area contributed by atoms with Crippen LogP contribution in [-0.2, 0) is 0 Å². The second-order valence-electron chi connectivity index (χ2n) is 6.65. The summed E-state index contributed by atoms with van der Waals surface area (Å²) in [5, 5.41) is 0. The van der Waals surface area contributed by atoms with Crippen LogP contribution in [0.3, 0.4) is 0 Å². The molecular formula is C20H20NO2S. The third-order valence-electron chi connectivity index (χ3n) is 5.08. The summed E-state index contributed by atoms with van der Waals surface area (Å²) in [7, 11) is 0. The summed E-state index contributed by atoms with van der Waals surface area (Å²) in [5.41, 5.74) is 4.10. The topological polar surface area (TPSA) is 21.7 Å². The van der Waals surface area contributed by atoms with E-state index in [9.17, 15) is 0 Å². The number of fused-ring (bicyclic) bond motifs is 1. The van der Waals surface area contributed by atoms with Gasteiger partial charge in [0.05, 0.1) is 6.04 Å². The maximum atomic E-state index is 5.56. The number of anilines is 1. The monoisotopic (exact) mass is 338 g/mol. The van der Waals surface area contributed by atoms with E-state index in [1.807, 2.05) is 17.8 Å². The van der Waals surface area contributed by atoms with Gasteiger partial charge in [-0.3, -0.25) is 0 Å². The van der Waals surface area contributed by atoms with Crippen molar-refractivity contribution in [3.8, 4) is 11.5 Å². The van der Waals surface area contributed by atoms with Crippen molar-refractivity contribution in [2.24, 2.45) is 0 Å². The molecule has 3 aliphatic rings. The number of nitrogens with zero attached hydrogens (tertiary/aromatic N) is 1. The van der Waals surface area contributed by atoms with Crippen LogP contribution in [0.15, 0.2) is 42.5 Å². The number of rotatable bonds is 3. The lowest BCUT2D eigenvalue weighted by atomic mass is 10.0. The summed E-state index contributed by atoms with van der Waals surface area (Å²) in [5.74, 6) is 5.89. The summed E-state index contributed by atoms with van der Waals surface area (Å²) in [6.07, 6.45) is 2.72. The van der Waals surface area contributed by atoms with E-state index in [4.69, 9.17) is 9.47 Å². The molecule has 1 saturated heterocycles. The molecule has 2 aromatic rings. The lowest BCUT2D eigenvalue weighted by Gasteiger charge is -2.37. The van der Waals surface area contributed by atoms with Gasteiger partial charge in [-0.1, -0.05) is 24.3 Å². The number of benzene rings is 2. The number of thioether (sulfide) groups is 1. The molecule has 123 valence electrons. The molecule has 1 unspecified atom stereocenters. The van der Waals surface area contributed by atoms with Crippen LogP contribution in [0.1, 0.15) is 35.9 Å². The summed E-state index contributed by atoms with van der Waals surface area (Å²) in [6.45, 7) is 1.27. The Hall–Kier alpha value is -1.81. The Morgan fingerprint density at radius 1 is 0.917 bits per heavy atom. The van der Waals surface area contributed by atoms with Crippen molar-refractivity contribution < 1.29 is 9.47 Å². The van der Waals surface area contributed by atoms with Crippen LogP contribution < -0.4 is 14.4 Å². The lowest BCUT2D eigenvalue weighted by Crippen LogP contribution is -2.34. The van der Waals surface area contributed by atoms with Crippen molar-refractivity contribution >= 4 is 17.4 Å². The Morgan fingerprint density at radius 3 is 2.54 bits per heavy atom. The van der Waals surface area contributed by atoms with Gasteiger partial charge < -0.3 is 14.4 Å². The first kappa shape index (κ1) is 14.5. The second-order valence-corrected chi connectivity index (χ2v) is 7.65. The molecule has 0 aromatic heterocycles. The standard InChI is InChI=1S/C20H20NO2S/c1-2-14(1)15-3-5-16(6-4-15)18-12-24-10-9-21(18)17-7-8-19-20(11-17)23-13-22-19/h3-8,10-11,14,18H,1-2,9,12-13H2. The molecule has 4 heteroatoms. The summed E-state index contributed by atoms with van der Waals surface area (Å²) < 4.78 is 11.0. The molecule has 5 rings (SSSR count). The quantitative estimate of drug-likeness (QED) is 0.805. The van der Waals surface area contributed by atoms with E-state index in [-0.39, 0.29) is 0 Å². The maximum Gasteiger partial charge on any atom is 0.231 e. The first-order valence-electron chi connectivity index (χ1n) is 8.58. The van der Waals surface area contributed by atoms with E-state index in [1.165, 1.54) is 29.7 Å². The van der Waals surface area contributed by atoms with Crippen LogP contribution in [0, 0.1) is 5.75 Å². The fourth-order valence-corrected chi connectivity index (χ4v) is 4.50. The van der Waals surface area contributed by atoms with Gasteiger partial charge in [-0.05, 0) is 42.0 Å². The largest absolute Gasteiger partial charge is 0.454 e. The Kier molecular flexibility index (Phi) is 3.58. The summed E-state index contributed by atoms with van der Waals surface area (Å²) in [4.78, 5) is 2.46. The maximum absolute atomic E-state index is 5.56. The normalized spacial score (nSPS) is 22.7. The average molecular weight is 338 g/mol. The highest BCUT2D eigenvalue weighted by Gasteiger charge is 2.28. The highest BCUT2D eigenvalue weighted by Crippen LogP contribution is 2.42. The number of ether oxygens (including phenoxy) is 2. The Labute approximate surface area is 147 Å². The van der Waals surface area contributed by atoms with Gasteiger partial charge >= 0.3 is 0 Å². The zero-order valence-electron chi connectivity index (χ0n) is 13.5. The highest BCUT2D eigenvalue weighted by atomic mass is 32.2. The molecule has 24 heavy (non-hydrogen) atoms. The SMILES string of the molecule is [CH]1CN(c2ccc3c(c2)OCO3)C(c2ccc(C3CC3)cc2)CS1. The van der Waals surface area contributed by atoms with E-state index in [1.54, 1.807) is 0 Å². The molecule has 2 aliphatic heterocycles. The van der Waals surface area contributed by atoms with Crippen molar-refractivity contribution in [3.63, 3.8) is 0 Å². The van der Waals surface area contributed by atoms with Crippen molar-refractivity contribution in [3.05, 3.63) is 59.3 Å². The van der Waals surface area contributed by atoms with Crippen LogP contribution in [0.25, 0.3) is 0 Å². The summed E-state index contributed by atoms with van der Waals surface area (Å²) >= 11 is 1.92. The van der Waals surface area contributed by atoms with Gasteiger partial charge in [0, 0.05) is 29.8 Å². The predicted octanol–water partition coefficient (Wildman–Crippen LogP) is 4.75. The molecule has 1 saturated carbocycles. The number of hydrogen-bond acceptors (Lipinski definition) is 4. The van der Waals surface area contributed by atoms with Gasteiger partial charge in [0.15, 0.2) is 11.5 Å². The molecular weight excluding hydrogens is 318 g/mol. The van der Waals surface area contributed by atoms with Crippen molar-refractivity contribution in [2.45, 2.75) is 24.8 Å². The Morgan fingerprint density at radius 2 is 1.71 bits per heavy atom. The molecule has 0 bridgehead atoms. The second kappa shape index (κ2) is 5.92. The Balaban J connectivity index is 1.44. The van der Waals surface area contributed by atoms with Crippen molar-refractivity contribution in [1.29, 1.82) is 0 Å². The third kappa shape index (κ3) is 2.63. The van der Waals surface area contributed by atoms with Gasteiger partial charge in [-0.25, -0.2) is 0 Å². The van der Waals surface area contributed by atoms with Crippen molar-refractivity contribution in [1.82, 2.24) is 0 Å². The van der Waals surface area contributed by atoms with E-state index in [2.05, 4.69) is 47.1 Å². The Bertz CT molecular complexity index is 742. The lowest BCUT2D eigenvalue weighted by molar-refractivity contribution is 0.174. The van der Waals surface area contributed by atoms with E-state index in [0.717, 1.165) is 29.7 Å². The predicted molar refractivity (Wildman–Crippen MR) is 97.8 cm³/mol. The zero-order chi connectivity index (χ0) is 15.9. The molecule has 1 atom stereocenters. The molecule has 2 aromatic carbocycles. The molecule has 0 spiro atoms. The van der Waals surface area contributed by atoms with Gasteiger partial charge in [-0.15, -0.1) is 0 Å². The fraction of sp³-hybridized carbons (Fsp3) is 0.350. The molecule has 0 amide bonds. The third-order valence-corrected chi connectivity index (χ3v) is 5.97. The molecule has 1 aliphatic carbocycles. The van der Waals surface area contributed by atoms with Gasteiger partial charge in [0.1, 0.15) is 0 Å². The van der Waals surface area contributed by atoms with Gasteiger partial charge in [0.2, 0.25) is 6.79 Å². The van der Waals surface area contributed by atoms with Crippen molar-refractivity contribution in [2.75, 3.05) is 24.0 Å². The summed E-state index contributed by atoms with van der Waals surface area (Å²) in [6, 6.07) is 16.0. The fourth-order valence-electron chi connectivity index (χ4n) is 3.54. The van der Waals surface area contributed by atoms with E-state index < -0.39 is 0 Å². The smallest absolute Gasteiger partial charge is 0.231 e. The minimum absolute atomic E-state index is 0.326. The minimum Gasteiger partial charge on any atom is -0.454 e. The zero-order valence-corrected chi connectivity index (χ0v) is 14.3. The van der Waals surface area contributed by atoms with E-state index >= 15 is 0 Å². The van der Waals surface area contributed by atoms with Crippen LogP contribution in [0.5, 0.6) is 11.5 Å². The first-order valence-corrected chi connectivity index (χ1v) is 9.63. The van der Waals surface area contributed by atoms with Crippen LogP contribution in [-0.4, -0.2) is 19.1 Å². The van der Waals surface area contributed by atoms with Crippen LogP contribution >= 0.6 is 11.8 Å². The molecule has 2 heterocycles. The number of hydrogen-bond donors (Lipinski definition) is 0. The molecule has 2 fully saturated rings. The highest BCUT2D eigenvalue weighted by molar-refractivity contribution is 8.01. The van der Waals surface area contributed by atoms with Crippen LogP contribution in [0.4, 0.5) is 5.69 Å². The van der Waals surface area contributed by atoms with E-state index in [0.29, 0.717) is 12.8 Å². The molecule has 1 radical (unpaired) electrons. The first-order chi connectivity index (χ1) is 11.9. The minimum atomic E-state index is 0.326. The average Bonchev–Trinajstić information content (AvgIpc) is 3.39. The van der Waals surface area contributed by atoms with Gasteiger partial charge in [-0.2, -0.15) is 11.8 Å². The van der Waals surface area contributed by atoms with Gasteiger partial charge in [0.25, 0.3) is 0 Å². The van der Waals surface area contributed by atoms with Crippen LogP contribution in [0.2, 0.25) is 0 Å².